The molecule has 1 aliphatic heterocycles. The van der Waals surface area contributed by atoms with Gasteiger partial charge in [0.05, 0.1) is 7.11 Å². The van der Waals surface area contributed by atoms with E-state index in [1.807, 2.05) is 72.8 Å². The van der Waals surface area contributed by atoms with Crippen LogP contribution in [-0.2, 0) is 12.8 Å². The molecule has 1 amide bonds. The molecule has 0 saturated heterocycles. The van der Waals surface area contributed by atoms with Crippen LogP contribution < -0.4 is 19.5 Å². The second-order valence-electron chi connectivity index (χ2n) is 6.98. The second kappa shape index (κ2) is 8.69. The fourth-order valence-corrected chi connectivity index (χ4v) is 3.43. The summed E-state index contributed by atoms with van der Waals surface area (Å²) in [5.41, 5.74) is 2.86. The molecule has 0 aromatic heterocycles. The fourth-order valence-electron chi connectivity index (χ4n) is 3.43. The van der Waals surface area contributed by atoms with Crippen molar-refractivity contribution in [3.63, 3.8) is 0 Å². The molecule has 4 rings (SSSR count). The maximum Gasteiger partial charge on any atom is 0.251 e. The Kier molecular flexibility index (Phi) is 5.66. The smallest absolute Gasteiger partial charge is 0.251 e. The van der Waals surface area contributed by atoms with E-state index in [1.165, 1.54) is 0 Å². The van der Waals surface area contributed by atoms with Crippen molar-refractivity contribution < 1.29 is 19.0 Å². The molecule has 3 aromatic rings. The number of hydrogen-bond acceptors (Lipinski definition) is 4. The number of carbonyl (C=O) groups is 1. The number of fused-ring (bicyclic) bond motifs is 1. The molecule has 29 heavy (non-hydrogen) atoms. The summed E-state index contributed by atoms with van der Waals surface area (Å²) in [7, 11) is 1.65. The first-order valence-electron chi connectivity index (χ1n) is 9.58. The molecule has 0 aliphatic carbocycles. The lowest BCUT2D eigenvalue weighted by atomic mass is 9.98. The van der Waals surface area contributed by atoms with E-state index in [9.17, 15) is 4.79 Å². The van der Waals surface area contributed by atoms with Gasteiger partial charge in [-0.2, -0.15) is 0 Å². The van der Waals surface area contributed by atoms with Crippen LogP contribution in [0.25, 0.3) is 0 Å². The topological polar surface area (TPSA) is 56.8 Å². The van der Waals surface area contributed by atoms with Crippen molar-refractivity contribution in [3.8, 4) is 17.2 Å². The molecular weight excluding hydrogens is 366 g/mol. The minimum Gasteiger partial charge on any atom is -0.497 e. The maximum atomic E-state index is 12.7. The van der Waals surface area contributed by atoms with Crippen molar-refractivity contribution in [1.82, 2.24) is 5.32 Å². The average molecular weight is 389 g/mol. The second-order valence-corrected chi connectivity index (χ2v) is 6.98. The van der Waals surface area contributed by atoms with Gasteiger partial charge in [-0.1, -0.05) is 36.4 Å². The zero-order valence-electron chi connectivity index (χ0n) is 16.3. The Balaban J connectivity index is 1.53. The first-order valence-corrected chi connectivity index (χ1v) is 9.58. The van der Waals surface area contributed by atoms with E-state index >= 15 is 0 Å². The van der Waals surface area contributed by atoms with Crippen LogP contribution >= 0.6 is 0 Å². The minimum absolute atomic E-state index is 0.0727. The van der Waals surface area contributed by atoms with Crippen LogP contribution in [0.15, 0.2) is 72.8 Å². The summed E-state index contributed by atoms with van der Waals surface area (Å²) >= 11 is 0. The van der Waals surface area contributed by atoms with E-state index in [0.29, 0.717) is 18.4 Å². The lowest BCUT2D eigenvalue weighted by Crippen LogP contribution is -2.38. The Hall–Kier alpha value is -3.47. The monoisotopic (exact) mass is 389 g/mol. The number of benzene rings is 3. The van der Waals surface area contributed by atoms with Crippen molar-refractivity contribution in [2.24, 2.45) is 0 Å². The first kappa shape index (κ1) is 18.9. The Bertz CT molecular complexity index is 970. The SMILES string of the molecule is COc1ccc(CC(Cc2ccc3c(c2)OCO3)NC(=O)c2ccccc2)cc1. The molecule has 1 N–H and O–H groups in total. The highest BCUT2D eigenvalue weighted by Crippen LogP contribution is 2.33. The quantitative estimate of drug-likeness (QED) is 0.663. The molecule has 0 saturated carbocycles. The molecule has 5 nitrogen and oxygen atoms in total. The van der Waals surface area contributed by atoms with Crippen molar-refractivity contribution in [1.29, 1.82) is 0 Å². The molecule has 0 bridgehead atoms. The highest BCUT2D eigenvalue weighted by Gasteiger charge is 2.18. The average Bonchev–Trinajstić information content (AvgIpc) is 3.23. The van der Waals surface area contributed by atoms with Crippen molar-refractivity contribution in [3.05, 3.63) is 89.5 Å². The molecule has 0 spiro atoms. The van der Waals surface area contributed by atoms with Crippen LogP contribution in [0.1, 0.15) is 21.5 Å². The highest BCUT2D eigenvalue weighted by molar-refractivity contribution is 5.94. The Morgan fingerprint density at radius 1 is 0.931 bits per heavy atom. The van der Waals surface area contributed by atoms with E-state index < -0.39 is 0 Å². The van der Waals surface area contributed by atoms with Crippen LogP contribution in [0.2, 0.25) is 0 Å². The third-order valence-corrected chi connectivity index (χ3v) is 4.93. The highest BCUT2D eigenvalue weighted by atomic mass is 16.7. The van der Waals surface area contributed by atoms with Gasteiger partial charge in [0.2, 0.25) is 6.79 Å². The number of amides is 1. The van der Waals surface area contributed by atoms with E-state index in [1.54, 1.807) is 7.11 Å². The zero-order valence-corrected chi connectivity index (χ0v) is 16.3. The third-order valence-electron chi connectivity index (χ3n) is 4.93. The van der Waals surface area contributed by atoms with Crippen LogP contribution in [0, 0.1) is 0 Å². The van der Waals surface area contributed by atoms with Crippen LogP contribution in [0.3, 0.4) is 0 Å². The molecule has 0 fully saturated rings. The Labute approximate surface area is 170 Å². The number of ether oxygens (including phenoxy) is 3. The molecule has 1 aliphatic rings. The van der Waals surface area contributed by atoms with E-state index in [4.69, 9.17) is 14.2 Å². The molecule has 3 aromatic carbocycles. The largest absolute Gasteiger partial charge is 0.497 e. The van der Waals surface area contributed by atoms with Gasteiger partial charge < -0.3 is 19.5 Å². The van der Waals surface area contributed by atoms with Gasteiger partial charge in [0, 0.05) is 11.6 Å². The van der Waals surface area contributed by atoms with Gasteiger partial charge >= 0.3 is 0 Å². The van der Waals surface area contributed by atoms with E-state index in [0.717, 1.165) is 28.4 Å². The molecule has 1 heterocycles. The number of methoxy groups -OCH3 is 1. The first-order chi connectivity index (χ1) is 14.2. The number of rotatable bonds is 7. The summed E-state index contributed by atoms with van der Waals surface area (Å²) in [6.45, 7) is 0.249. The van der Waals surface area contributed by atoms with Crippen molar-refractivity contribution in [2.45, 2.75) is 18.9 Å². The lowest BCUT2D eigenvalue weighted by molar-refractivity contribution is 0.0936. The summed E-state index contributed by atoms with van der Waals surface area (Å²) < 4.78 is 16.1. The van der Waals surface area contributed by atoms with Gasteiger partial charge in [0.15, 0.2) is 11.5 Å². The van der Waals surface area contributed by atoms with Crippen LogP contribution in [-0.4, -0.2) is 25.9 Å². The standard InChI is InChI=1S/C24H23NO4/c1-27-21-10-7-17(8-11-21)13-20(25-24(26)19-5-3-2-4-6-19)14-18-9-12-22-23(15-18)29-16-28-22/h2-12,15,20H,13-14,16H2,1H3,(H,25,26). The number of hydrogen-bond donors (Lipinski definition) is 1. The summed E-state index contributed by atoms with van der Waals surface area (Å²) in [4.78, 5) is 12.7. The maximum absolute atomic E-state index is 12.7. The lowest BCUT2D eigenvalue weighted by Gasteiger charge is -2.20. The van der Waals surface area contributed by atoms with E-state index in [-0.39, 0.29) is 18.7 Å². The van der Waals surface area contributed by atoms with Gasteiger partial charge in [-0.25, -0.2) is 0 Å². The van der Waals surface area contributed by atoms with Crippen LogP contribution in [0.4, 0.5) is 0 Å². The van der Waals surface area contributed by atoms with Gasteiger partial charge in [0.1, 0.15) is 5.75 Å². The predicted octanol–water partition coefficient (Wildman–Crippen LogP) is 4.01. The van der Waals surface area contributed by atoms with Crippen molar-refractivity contribution >= 4 is 5.91 Å². The number of carbonyl (C=O) groups excluding carboxylic acids is 1. The summed E-state index contributed by atoms with van der Waals surface area (Å²) in [5, 5.41) is 3.18. The summed E-state index contributed by atoms with van der Waals surface area (Å²) in [5.74, 6) is 2.24. The van der Waals surface area contributed by atoms with Gasteiger partial charge in [-0.15, -0.1) is 0 Å². The molecule has 148 valence electrons. The predicted molar refractivity (Wildman–Crippen MR) is 111 cm³/mol. The fraction of sp³-hybridized carbons (Fsp3) is 0.208. The summed E-state index contributed by atoms with van der Waals surface area (Å²) in [6, 6.07) is 23.0. The zero-order chi connectivity index (χ0) is 20.1. The van der Waals surface area contributed by atoms with Gasteiger partial charge in [-0.05, 0) is 60.4 Å². The molecule has 5 heteroatoms. The molecular formula is C24H23NO4. The van der Waals surface area contributed by atoms with Crippen molar-refractivity contribution in [2.75, 3.05) is 13.9 Å². The number of nitrogens with one attached hydrogen (secondary N) is 1. The Morgan fingerprint density at radius 2 is 1.62 bits per heavy atom. The Morgan fingerprint density at radius 3 is 2.38 bits per heavy atom. The molecule has 1 unspecified atom stereocenters. The van der Waals surface area contributed by atoms with E-state index in [2.05, 4.69) is 5.32 Å². The molecule has 0 radical (unpaired) electrons. The normalized spacial score (nSPS) is 13.0. The molecule has 1 atom stereocenters. The van der Waals surface area contributed by atoms with Crippen LogP contribution in [0.5, 0.6) is 17.2 Å². The third kappa shape index (κ3) is 4.69. The van der Waals surface area contributed by atoms with Gasteiger partial charge in [-0.3, -0.25) is 4.79 Å². The summed E-state index contributed by atoms with van der Waals surface area (Å²) in [6.07, 6.45) is 1.39. The van der Waals surface area contributed by atoms with Gasteiger partial charge in [0.25, 0.3) is 5.91 Å². The minimum atomic E-state index is -0.0788.